The van der Waals surface area contributed by atoms with E-state index in [0.29, 0.717) is 18.3 Å². The molecule has 0 fully saturated rings. The molecule has 1 heterocycles. The molecule has 0 unspecified atom stereocenters. The highest BCUT2D eigenvalue weighted by Crippen LogP contribution is 2.26. The van der Waals surface area contributed by atoms with Crippen LogP contribution in [0.15, 0.2) is 22.7 Å². The van der Waals surface area contributed by atoms with Gasteiger partial charge in [0.2, 0.25) is 11.7 Å². The molecule has 1 aromatic carbocycles. The lowest BCUT2D eigenvalue weighted by Crippen LogP contribution is -1.96. The summed E-state index contributed by atoms with van der Waals surface area (Å²) >= 11 is 0. The van der Waals surface area contributed by atoms with Gasteiger partial charge in [-0.3, -0.25) is 0 Å². The Hall–Kier alpha value is -1.92. The fourth-order valence-electron chi connectivity index (χ4n) is 1.61. The van der Waals surface area contributed by atoms with Gasteiger partial charge in [0.15, 0.2) is 0 Å². The molecule has 0 aliphatic carbocycles. The molecule has 2 aromatic rings. The minimum Gasteiger partial charge on any atom is -0.496 e. The predicted octanol–water partition coefficient (Wildman–Crippen LogP) is 1.35. The van der Waals surface area contributed by atoms with Crippen molar-refractivity contribution in [3.63, 3.8) is 0 Å². The quantitative estimate of drug-likeness (QED) is 0.861. The van der Waals surface area contributed by atoms with E-state index < -0.39 is 0 Å². The molecule has 96 valence electrons. The lowest BCUT2D eigenvalue weighted by Gasteiger charge is -2.08. The van der Waals surface area contributed by atoms with Gasteiger partial charge < -0.3 is 19.7 Å². The first-order chi connectivity index (χ1) is 8.78. The molecular formula is C12H15N3O3. The summed E-state index contributed by atoms with van der Waals surface area (Å²) in [5, 5.41) is 3.86. The number of ether oxygens (including phenoxy) is 2. The molecule has 0 amide bonds. The monoisotopic (exact) mass is 249 g/mol. The van der Waals surface area contributed by atoms with Gasteiger partial charge in [-0.15, -0.1) is 0 Å². The maximum atomic E-state index is 5.42. The number of hydrogen-bond donors (Lipinski definition) is 1. The van der Waals surface area contributed by atoms with E-state index in [1.807, 2.05) is 18.2 Å². The molecular weight excluding hydrogens is 234 g/mol. The lowest BCUT2D eigenvalue weighted by atomic mass is 10.1. The van der Waals surface area contributed by atoms with Gasteiger partial charge in [-0.05, 0) is 6.07 Å². The van der Waals surface area contributed by atoms with Crippen LogP contribution in [0.1, 0.15) is 11.5 Å². The molecule has 2 rings (SSSR count). The highest BCUT2D eigenvalue weighted by molar-refractivity contribution is 5.58. The van der Waals surface area contributed by atoms with Gasteiger partial charge >= 0.3 is 0 Å². The SMILES string of the molecule is COCc1ccc(-c2noc(CN)n2)cc1OC. The van der Waals surface area contributed by atoms with Crippen LogP contribution in [-0.2, 0) is 17.9 Å². The van der Waals surface area contributed by atoms with E-state index in [9.17, 15) is 0 Å². The van der Waals surface area contributed by atoms with Gasteiger partial charge in [0.25, 0.3) is 0 Å². The van der Waals surface area contributed by atoms with Crippen LogP contribution in [0.5, 0.6) is 5.75 Å². The average Bonchev–Trinajstić information content (AvgIpc) is 2.88. The highest BCUT2D eigenvalue weighted by atomic mass is 16.5. The van der Waals surface area contributed by atoms with Crippen molar-refractivity contribution in [2.24, 2.45) is 5.73 Å². The van der Waals surface area contributed by atoms with E-state index in [1.54, 1.807) is 14.2 Å². The van der Waals surface area contributed by atoms with Crippen molar-refractivity contribution in [3.8, 4) is 17.1 Å². The number of benzene rings is 1. The summed E-state index contributed by atoms with van der Waals surface area (Å²) in [5.41, 5.74) is 7.20. The fourth-order valence-corrected chi connectivity index (χ4v) is 1.61. The Bertz CT molecular complexity index is 525. The van der Waals surface area contributed by atoms with Crippen LogP contribution >= 0.6 is 0 Å². The first-order valence-corrected chi connectivity index (χ1v) is 5.47. The first kappa shape index (κ1) is 12.5. The minimum atomic E-state index is 0.228. The largest absolute Gasteiger partial charge is 0.496 e. The zero-order valence-electron chi connectivity index (χ0n) is 10.3. The van der Waals surface area contributed by atoms with E-state index in [2.05, 4.69) is 10.1 Å². The topological polar surface area (TPSA) is 83.4 Å². The summed E-state index contributed by atoms with van der Waals surface area (Å²) in [6, 6.07) is 5.65. The van der Waals surface area contributed by atoms with Crippen LogP contribution < -0.4 is 10.5 Å². The first-order valence-electron chi connectivity index (χ1n) is 5.47. The van der Waals surface area contributed by atoms with Crippen molar-refractivity contribution in [1.29, 1.82) is 0 Å². The third-order valence-corrected chi connectivity index (χ3v) is 2.49. The number of hydrogen-bond acceptors (Lipinski definition) is 6. The van der Waals surface area contributed by atoms with Crippen LogP contribution in [-0.4, -0.2) is 24.4 Å². The zero-order valence-corrected chi connectivity index (χ0v) is 10.3. The van der Waals surface area contributed by atoms with Crippen LogP contribution in [0.4, 0.5) is 0 Å². The second-order valence-corrected chi connectivity index (χ2v) is 3.68. The molecule has 0 aliphatic heterocycles. The number of nitrogens with zero attached hydrogens (tertiary/aromatic N) is 2. The van der Waals surface area contributed by atoms with E-state index in [0.717, 1.165) is 16.9 Å². The summed E-state index contributed by atoms with van der Waals surface area (Å²) in [5.74, 6) is 1.64. The fraction of sp³-hybridized carbons (Fsp3) is 0.333. The van der Waals surface area contributed by atoms with Crippen molar-refractivity contribution in [2.45, 2.75) is 13.2 Å². The van der Waals surface area contributed by atoms with Gasteiger partial charge in [0.1, 0.15) is 5.75 Å². The maximum Gasteiger partial charge on any atom is 0.240 e. The van der Waals surface area contributed by atoms with Crippen molar-refractivity contribution < 1.29 is 14.0 Å². The summed E-state index contributed by atoms with van der Waals surface area (Å²) < 4.78 is 15.4. The van der Waals surface area contributed by atoms with E-state index in [4.69, 9.17) is 19.7 Å². The summed E-state index contributed by atoms with van der Waals surface area (Å²) in [4.78, 5) is 4.16. The Kier molecular flexibility index (Phi) is 3.91. The normalized spacial score (nSPS) is 10.6. The summed E-state index contributed by atoms with van der Waals surface area (Å²) in [7, 11) is 3.25. The molecule has 1 aromatic heterocycles. The van der Waals surface area contributed by atoms with Crippen LogP contribution in [0.3, 0.4) is 0 Å². The molecule has 0 atom stereocenters. The number of rotatable bonds is 5. The van der Waals surface area contributed by atoms with Gasteiger partial charge in [-0.1, -0.05) is 17.3 Å². The summed E-state index contributed by atoms with van der Waals surface area (Å²) in [6.07, 6.45) is 0. The molecule has 0 radical (unpaired) electrons. The molecule has 0 saturated heterocycles. The van der Waals surface area contributed by atoms with Crippen LogP contribution in [0.25, 0.3) is 11.4 Å². The molecule has 6 heteroatoms. The Balaban J connectivity index is 2.34. The van der Waals surface area contributed by atoms with E-state index in [1.165, 1.54) is 0 Å². The lowest BCUT2D eigenvalue weighted by molar-refractivity contribution is 0.181. The van der Waals surface area contributed by atoms with E-state index in [-0.39, 0.29) is 6.54 Å². The number of nitrogens with two attached hydrogens (primary N) is 1. The second-order valence-electron chi connectivity index (χ2n) is 3.68. The Labute approximate surface area is 105 Å². The standard InChI is InChI=1S/C12H15N3O3/c1-16-7-9-4-3-8(5-10(9)17-2)12-14-11(6-13)18-15-12/h3-5H,6-7,13H2,1-2H3. The second kappa shape index (κ2) is 5.61. The van der Waals surface area contributed by atoms with Crippen molar-refractivity contribution in [1.82, 2.24) is 10.1 Å². The Morgan fingerprint density at radius 2 is 2.17 bits per heavy atom. The van der Waals surface area contributed by atoms with Gasteiger partial charge in [0, 0.05) is 18.2 Å². The molecule has 0 spiro atoms. The van der Waals surface area contributed by atoms with Crippen molar-refractivity contribution in [2.75, 3.05) is 14.2 Å². The molecule has 6 nitrogen and oxygen atoms in total. The molecule has 2 N–H and O–H groups in total. The number of methoxy groups -OCH3 is 2. The highest BCUT2D eigenvalue weighted by Gasteiger charge is 2.10. The van der Waals surface area contributed by atoms with Gasteiger partial charge in [-0.25, -0.2) is 0 Å². The van der Waals surface area contributed by atoms with Gasteiger partial charge in [0.05, 0.1) is 20.3 Å². The van der Waals surface area contributed by atoms with Crippen LogP contribution in [0, 0.1) is 0 Å². The smallest absolute Gasteiger partial charge is 0.240 e. The average molecular weight is 249 g/mol. The molecule has 0 aliphatic rings. The van der Waals surface area contributed by atoms with E-state index >= 15 is 0 Å². The third kappa shape index (κ3) is 2.49. The molecule has 0 saturated carbocycles. The maximum absolute atomic E-state index is 5.42. The van der Waals surface area contributed by atoms with Crippen LogP contribution in [0.2, 0.25) is 0 Å². The van der Waals surface area contributed by atoms with Crippen molar-refractivity contribution in [3.05, 3.63) is 29.7 Å². The number of aromatic nitrogens is 2. The van der Waals surface area contributed by atoms with Crippen molar-refractivity contribution >= 4 is 0 Å². The minimum absolute atomic E-state index is 0.228. The third-order valence-electron chi connectivity index (χ3n) is 2.49. The predicted molar refractivity (Wildman–Crippen MR) is 64.9 cm³/mol. The van der Waals surface area contributed by atoms with Gasteiger partial charge in [-0.2, -0.15) is 4.98 Å². The zero-order chi connectivity index (χ0) is 13.0. The molecule has 18 heavy (non-hydrogen) atoms. The Morgan fingerprint density at radius 1 is 1.33 bits per heavy atom. The summed E-state index contributed by atoms with van der Waals surface area (Å²) in [6.45, 7) is 0.718. The Morgan fingerprint density at radius 3 is 2.78 bits per heavy atom. The molecule has 0 bridgehead atoms.